The van der Waals surface area contributed by atoms with Gasteiger partial charge in [-0.3, -0.25) is 9.67 Å². The number of nitrogens with zero attached hydrogens (tertiary/aromatic N) is 6. The van der Waals surface area contributed by atoms with Gasteiger partial charge in [0, 0.05) is 40.8 Å². The van der Waals surface area contributed by atoms with Gasteiger partial charge in [-0.15, -0.1) is 24.0 Å². The quantitative estimate of drug-likeness (QED) is 0.237. The molecule has 3 aromatic rings. The van der Waals surface area contributed by atoms with E-state index in [4.69, 9.17) is 0 Å². The largest absolute Gasteiger partial charge is 0.368 e. The van der Waals surface area contributed by atoms with Crippen LogP contribution >= 0.6 is 24.0 Å². The minimum absolute atomic E-state index is 0. The van der Waals surface area contributed by atoms with Crippen LogP contribution in [0, 0.1) is 6.92 Å². The van der Waals surface area contributed by atoms with E-state index in [0.717, 1.165) is 35.9 Å². The second-order valence-corrected chi connectivity index (χ2v) is 6.41. The van der Waals surface area contributed by atoms with Gasteiger partial charge in [0.25, 0.3) is 0 Å². The zero-order valence-corrected chi connectivity index (χ0v) is 19.0. The van der Waals surface area contributed by atoms with Gasteiger partial charge >= 0.3 is 0 Å². The third kappa shape index (κ3) is 5.09. The zero-order valence-electron chi connectivity index (χ0n) is 16.7. The van der Waals surface area contributed by atoms with E-state index in [1.165, 1.54) is 11.1 Å². The molecule has 0 radical (unpaired) electrons. The van der Waals surface area contributed by atoms with Gasteiger partial charge in [0.15, 0.2) is 11.6 Å². The Morgan fingerprint density at radius 2 is 2.00 bits per heavy atom. The summed E-state index contributed by atoms with van der Waals surface area (Å²) in [6, 6.07) is 8.40. The monoisotopic (exact) mass is 494 g/mol. The number of aryl methyl sites for hydroxylation is 2. The van der Waals surface area contributed by atoms with Gasteiger partial charge in [-0.2, -0.15) is 5.10 Å². The van der Waals surface area contributed by atoms with Crippen LogP contribution in [0.15, 0.2) is 41.8 Å². The fourth-order valence-electron chi connectivity index (χ4n) is 2.96. The van der Waals surface area contributed by atoms with E-state index < -0.39 is 0 Å². The second-order valence-electron chi connectivity index (χ2n) is 6.41. The molecule has 0 spiro atoms. The molecule has 3 rings (SSSR count). The molecule has 0 aliphatic carbocycles. The van der Waals surface area contributed by atoms with Crippen LogP contribution in [-0.4, -0.2) is 57.8 Å². The summed E-state index contributed by atoms with van der Waals surface area (Å²) in [5.74, 6) is 1.65. The fraction of sp³-hybridized carbons (Fsp3) is 0.368. The first-order valence-electron chi connectivity index (χ1n) is 8.93. The molecule has 0 aliphatic rings. The highest BCUT2D eigenvalue weighted by Crippen LogP contribution is 2.17. The molecular formula is C19H27IN8. The molecule has 0 amide bonds. The molecule has 9 heteroatoms. The normalized spacial score (nSPS) is 11.2. The first-order chi connectivity index (χ1) is 13.1. The maximum absolute atomic E-state index is 4.38. The Labute approximate surface area is 182 Å². The molecule has 0 aliphatic heterocycles. The van der Waals surface area contributed by atoms with Crippen molar-refractivity contribution in [3.05, 3.63) is 47.9 Å². The third-order valence-electron chi connectivity index (χ3n) is 4.47. The van der Waals surface area contributed by atoms with Gasteiger partial charge in [0.05, 0.1) is 11.6 Å². The van der Waals surface area contributed by atoms with Crippen LogP contribution in [0.2, 0.25) is 0 Å². The van der Waals surface area contributed by atoms with E-state index >= 15 is 0 Å². The van der Waals surface area contributed by atoms with Gasteiger partial charge < -0.3 is 15.5 Å². The van der Waals surface area contributed by atoms with Crippen LogP contribution < -0.4 is 10.6 Å². The number of guanidine groups is 1. The number of aliphatic imine (C=N–C) groups is 1. The summed E-state index contributed by atoms with van der Waals surface area (Å²) < 4.78 is 1.74. The Balaban J connectivity index is 0.00000280. The fourth-order valence-corrected chi connectivity index (χ4v) is 2.96. The Bertz CT molecular complexity index is 937. The minimum Gasteiger partial charge on any atom is -0.368 e. The molecule has 28 heavy (non-hydrogen) atoms. The molecule has 0 atom stereocenters. The predicted molar refractivity (Wildman–Crippen MR) is 124 cm³/mol. The Kier molecular flexibility index (Phi) is 7.97. The van der Waals surface area contributed by atoms with Crippen molar-refractivity contribution in [3.63, 3.8) is 0 Å². The Hall–Kier alpha value is -2.43. The number of benzene rings is 1. The molecular weight excluding hydrogens is 467 g/mol. The summed E-state index contributed by atoms with van der Waals surface area (Å²) in [7, 11) is 5.71. The second kappa shape index (κ2) is 10.2. The van der Waals surface area contributed by atoms with Crippen LogP contribution in [0.1, 0.15) is 11.1 Å². The van der Waals surface area contributed by atoms with Crippen molar-refractivity contribution in [3.8, 4) is 0 Å². The molecule has 0 saturated carbocycles. The molecule has 0 unspecified atom stereocenters. The molecule has 2 heterocycles. The summed E-state index contributed by atoms with van der Waals surface area (Å²) in [5, 5.41) is 11.9. The van der Waals surface area contributed by atoms with Crippen molar-refractivity contribution < 1.29 is 0 Å². The number of nitrogens with one attached hydrogen (secondary N) is 2. The molecule has 1 aromatic carbocycles. The first-order valence-corrected chi connectivity index (χ1v) is 8.93. The van der Waals surface area contributed by atoms with Gasteiger partial charge in [-0.1, -0.05) is 24.3 Å². The van der Waals surface area contributed by atoms with E-state index in [2.05, 4.69) is 66.8 Å². The van der Waals surface area contributed by atoms with E-state index in [0.29, 0.717) is 6.54 Å². The van der Waals surface area contributed by atoms with Gasteiger partial charge in [-0.25, -0.2) is 9.97 Å². The number of hydrogen-bond donors (Lipinski definition) is 2. The average Bonchev–Trinajstić information content (AvgIpc) is 3.05. The Morgan fingerprint density at radius 3 is 2.75 bits per heavy atom. The number of halogens is 1. The number of anilines is 1. The molecule has 0 fully saturated rings. The van der Waals surface area contributed by atoms with E-state index in [9.17, 15) is 0 Å². The van der Waals surface area contributed by atoms with Crippen molar-refractivity contribution >= 4 is 46.8 Å². The van der Waals surface area contributed by atoms with Crippen LogP contribution in [0.4, 0.5) is 5.82 Å². The zero-order chi connectivity index (χ0) is 19.2. The summed E-state index contributed by atoms with van der Waals surface area (Å²) in [5.41, 5.74) is 3.39. The summed E-state index contributed by atoms with van der Waals surface area (Å²) in [6.45, 7) is 4.36. The van der Waals surface area contributed by atoms with Gasteiger partial charge in [0.2, 0.25) is 0 Å². The van der Waals surface area contributed by atoms with Crippen LogP contribution in [0.25, 0.3) is 11.0 Å². The molecule has 0 saturated heterocycles. The minimum atomic E-state index is 0. The lowest BCUT2D eigenvalue weighted by Gasteiger charge is -2.23. The van der Waals surface area contributed by atoms with Crippen molar-refractivity contribution in [1.82, 2.24) is 30.0 Å². The van der Waals surface area contributed by atoms with Crippen molar-refractivity contribution in [2.75, 3.05) is 32.5 Å². The maximum atomic E-state index is 4.38. The number of rotatable bonds is 6. The van der Waals surface area contributed by atoms with E-state index in [1.54, 1.807) is 24.3 Å². The van der Waals surface area contributed by atoms with Gasteiger partial charge in [-0.05, 0) is 18.1 Å². The van der Waals surface area contributed by atoms with Crippen LogP contribution in [-0.2, 0) is 13.6 Å². The Morgan fingerprint density at radius 1 is 1.21 bits per heavy atom. The average molecular weight is 494 g/mol. The van der Waals surface area contributed by atoms with Crippen molar-refractivity contribution in [2.45, 2.75) is 13.5 Å². The highest BCUT2D eigenvalue weighted by Gasteiger charge is 2.09. The standard InChI is InChI=1S/C19H26N8.HI/c1-14-7-5-6-8-15(14)12-26(3)19(20-2)22-10-9-21-17-16-11-25-27(4)18(16)24-13-23-17;/h5-8,11,13H,9-10,12H2,1-4H3,(H,20,22)(H,21,23,24);1H. The first kappa shape index (κ1) is 21.9. The van der Waals surface area contributed by atoms with E-state index in [-0.39, 0.29) is 24.0 Å². The molecule has 2 aromatic heterocycles. The third-order valence-corrected chi connectivity index (χ3v) is 4.47. The number of aromatic nitrogens is 4. The summed E-state index contributed by atoms with van der Waals surface area (Å²) >= 11 is 0. The molecule has 0 bridgehead atoms. The summed E-state index contributed by atoms with van der Waals surface area (Å²) in [6.07, 6.45) is 3.33. The smallest absolute Gasteiger partial charge is 0.193 e. The molecule has 150 valence electrons. The number of fused-ring (bicyclic) bond motifs is 1. The topological polar surface area (TPSA) is 83.3 Å². The molecule has 2 N–H and O–H groups in total. The molecule has 8 nitrogen and oxygen atoms in total. The lowest BCUT2D eigenvalue weighted by atomic mass is 10.1. The number of hydrogen-bond acceptors (Lipinski definition) is 5. The van der Waals surface area contributed by atoms with Crippen LogP contribution in [0.3, 0.4) is 0 Å². The lowest BCUT2D eigenvalue weighted by Crippen LogP contribution is -2.40. The highest BCUT2D eigenvalue weighted by molar-refractivity contribution is 14.0. The predicted octanol–water partition coefficient (Wildman–Crippen LogP) is 2.41. The van der Waals surface area contributed by atoms with Crippen molar-refractivity contribution in [2.24, 2.45) is 12.0 Å². The highest BCUT2D eigenvalue weighted by atomic mass is 127. The van der Waals surface area contributed by atoms with Gasteiger partial charge in [0.1, 0.15) is 12.1 Å². The van der Waals surface area contributed by atoms with Crippen LogP contribution in [0.5, 0.6) is 0 Å². The SMILES string of the molecule is CN=C(NCCNc1ncnc2c1cnn2C)N(C)Cc1ccccc1C.I. The maximum Gasteiger partial charge on any atom is 0.193 e. The summed E-state index contributed by atoms with van der Waals surface area (Å²) in [4.78, 5) is 15.1. The van der Waals surface area contributed by atoms with Crippen molar-refractivity contribution in [1.29, 1.82) is 0 Å². The van der Waals surface area contributed by atoms with E-state index in [1.807, 2.05) is 14.1 Å². The lowest BCUT2D eigenvalue weighted by molar-refractivity contribution is 0.477.